The zero-order valence-electron chi connectivity index (χ0n) is 16.5. The van der Waals surface area contributed by atoms with Crippen LogP contribution < -0.4 is 10.2 Å². The number of halogens is 1. The molecule has 1 fully saturated rings. The van der Waals surface area contributed by atoms with Crippen LogP contribution in [0.25, 0.3) is 0 Å². The van der Waals surface area contributed by atoms with E-state index >= 15 is 0 Å². The number of nitrogens with one attached hydrogen (secondary N) is 1. The second-order valence-corrected chi connectivity index (χ2v) is 7.70. The molecule has 2 aromatic carbocycles. The summed E-state index contributed by atoms with van der Waals surface area (Å²) in [5, 5.41) is 2.84. The SMILES string of the molecule is Cc1ccc(NC(=O)C(C)(C)C(=O)N2CCN(c3ccc(F)cc3)CC2)cc1. The van der Waals surface area contributed by atoms with Crippen molar-refractivity contribution in [3.63, 3.8) is 0 Å². The molecule has 28 heavy (non-hydrogen) atoms. The number of hydrogen-bond donors (Lipinski definition) is 1. The van der Waals surface area contributed by atoms with Crippen LogP contribution in [-0.4, -0.2) is 42.9 Å². The van der Waals surface area contributed by atoms with Crippen molar-refractivity contribution in [2.24, 2.45) is 5.41 Å². The highest BCUT2D eigenvalue weighted by Gasteiger charge is 2.40. The van der Waals surface area contributed by atoms with E-state index in [1.54, 1.807) is 30.9 Å². The van der Waals surface area contributed by atoms with Crippen LogP contribution in [0, 0.1) is 18.2 Å². The monoisotopic (exact) mass is 383 g/mol. The lowest BCUT2D eigenvalue weighted by molar-refractivity contribution is -0.146. The predicted molar refractivity (Wildman–Crippen MR) is 109 cm³/mol. The molecule has 5 nitrogen and oxygen atoms in total. The highest BCUT2D eigenvalue weighted by molar-refractivity contribution is 6.09. The van der Waals surface area contributed by atoms with Crippen LogP contribution >= 0.6 is 0 Å². The minimum Gasteiger partial charge on any atom is -0.368 e. The fourth-order valence-corrected chi connectivity index (χ4v) is 3.24. The third kappa shape index (κ3) is 4.32. The molecule has 1 saturated heterocycles. The molecule has 2 aromatic rings. The molecular weight excluding hydrogens is 357 g/mol. The molecule has 148 valence electrons. The van der Waals surface area contributed by atoms with Crippen LogP contribution in [0.15, 0.2) is 48.5 Å². The molecule has 1 aliphatic heterocycles. The van der Waals surface area contributed by atoms with Gasteiger partial charge in [-0.25, -0.2) is 4.39 Å². The number of nitrogens with zero attached hydrogens (tertiary/aromatic N) is 2. The maximum absolute atomic E-state index is 13.1. The Bertz CT molecular complexity index is 839. The standard InChI is InChI=1S/C22H26FN3O2/c1-16-4-8-18(9-5-16)24-20(27)22(2,3)21(28)26-14-12-25(13-15-26)19-10-6-17(23)7-11-19/h4-11H,12-15H2,1-3H3,(H,24,27). The van der Waals surface area contributed by atoms with Gasteiger partial charge in [-0.3, -0.25) is 9.59 Å². The summed E-state index contributed by atoms with van der Waals surface area (Å²) in [5.41, 5.74) is 1.55. The largest absolute Gasteiger partial charge is 0.368 e. The molecule has 0 aliphatic carbocycles. The number of carbonyl (C=O) groups excluding carboxylic acids is 2. The van der Waals surface area contributed by atoms with Gasteiger partial charge < -0.3 is 15.1 Å². The average Bonchev–Trinajstić information content (AvgIpc) is 2.70. The van der Waals surface area contributed by atoms with Crippen LogP contribution in [0.4, 0.5) is 15.8 Å². The van der Waals surface area contributed by atoms with Crippen LogP contribution in [0.2, 0.25) is 0 Å². The van der Waals surface area contributed by atoms with Crippen molar-refractivity contribution in [1.29, 1.82) is 0 Å². The Morgan fingerprint density at radius 3 is 2.07 bits per heavy atom. The summed E-state index contributed by atoms with van der Waals surface area (Å²) in [5.74, 6) is -0.767. The summed E-state index contributed by atoms with van der Waals surface area (Å²) in [7, 11) is 0. The van der Waals surface area contributed by atoms with Crippen LogP contribution in [0.5, 0.6) is 0 Å². The van der Waals surface area contributed by atoms with Crippen molar-refractivity contribution in [2.75, 3.05) is 36.4 Å². The lowest BCUT2D eigenvalue weighted by Crippen LogP contribution is -2.54. The molecule has 1 N–H and O–H groups in total. The zero-order chi connectivity index (χ0) is 20.3. The van der Waals surface area contributed by atoms with Crippen molar-refractivity contribution in [3.8, 4) is 0 Å². The normalized spacial score (nSPS) is 14.7. The fourth-order valence-electron chi connectivity index (χ4n) is 3.24. The van der Waals surface area contributed by atoms with E-state index in [4.69, 9.17) is 0 Å². The summed E-state index contributed by atoms with van der Waals surface area (Å²) < 4.78 is 13.1. The van der Waals surface area contributed by atoms with Gasteiger partial charge in [0.05, 0.1) is 0 Å². The minimum absolute atomic E-state index is 0.184. The molecule has 0 unspecified atom stereocenters. The topological polar surface area (TPSA) is 52.7 Å². The molecule has 0 saturated carbocycles. The average molecular weight is 383 g/mol. The summed E-state index contributed by atoms with van der Waals surface area (Å²) >= 11 is 0. The molecule has 1 aliphatic rings. The first-order chi connectivity index (χ1) is 13.3. The number of benzene rings is 2. The van der Waals surface area contributed by atoms with Crippen LogP contribution in [-0.2, 0) is 9.59 Å². The number of hydrogen-bond acceptors (Lipinski definition) is 3. The molecule has 0 spiro atoms. The predicted octanol–water partition coefficient (Wildman–Crippen LogP) is 3.45. The molecule has 6 heteroatoms. The van der Waals surface area contributed by atoms with Crippen molar-refractivity contribution in [3.05, 3.63) is 59.9 Å². The number of aryl methyl sites for hydroxylation is 1. The maximum atomic E-state index is 13.1. The van der Waals surface area contributed by atoms with E-state index in [9.17, 15) is 14.0 Å². The van der Waals surface area contributed by atoms with Crippen molar-refractivity contribution >= 4 is 23.2 Å². The Balaban J connectivity index is 1.60. The lowest BCUT2D eigenvalue weighted by atomic mass is 9.89. The highest BCUT2D eigenvalue weighted by atomic mass is 19.1. The van der Waals surface area contributed by atoms with Gasteiger partial charge in [-0.1, -0.05) is 17.7 Å². The van der Waals surface area contributed by atoms with Gasteiger partial charge in [-0.05, 0) is 57.2 Å². The van der Waals surface area contributed by atoms with Gasteiger partial charge in [0.15, 0.2) is 0 Å². The Labute approximate surface area is 165 Å². The van der Waals surface area contributed by atoms with Crippen molar-refractivity contribution < 1.29 is 14.0 Å². The summed E-state index contributed by atoms with van der Waals surface area (Å²) in [6.45, 7) is 7.63. The Morgan fingerprint density at radius 1 is 0.929 bits per heavy atom. The number of amides is 2. The quantitative estimate of drug-likeness (QED) is 0.823. The Morgan fingerprint density at radius 2 is 1.50 bits per heavy atom. The van der Waals surface area contributed by atoms with E-state index in [1.165, 1.54) is 12.1 Å². The molecule has 0 radical (unpaired) electrons. The molecule has 0 atom stereocenters. The first-order valence-electron chi connectivity index (χ1n) is 9.45. The van der Waals surface area contributed by atoms with E-state index in [0.29, 0.717) is 31.9 Å². The number of carbonyl (C=O) groups is 2. The smallest absolute Gasteiger partial charge is 0.239 e. The van der Waals surface area contributed by atoms with Crippen LogP contribution in [0.3, 0.4) is 0 Å². The highest BCUT2D eigenvalue weighted by Crippen LogP contribution is 2.24. The van der Waals surface area contributed by atoms with Gasteiger partial charge in [-0.2, -0.15) is 0 Å². The molecule has 2 amide bonds. The third-order valence-corrected chi connectivity index (χ3v) is 5.17. The Kier molecular flexibility index (Phi) is 5.68. The van der Waals surface area contributed by atoms with E-state index in [1.807, 2.05) is 31.2 Å². The zero-order valence-corrected chi connectivity index (χ0v) is 16.5. The van der Waals surface area contributed by atoms with Gasteiger partial charge in [0.1, 0.15) is 11.2 Å². The lowest BCUT2D eigenvalue weighted by Gasteiger charge is -2.39. The van der Waals surface area contributed by atoms with Crippen molar-refractivity contribution in [1.82, 2.24) is 4.90 Å². The summed E-state index contributed by atoms with van der Waals surface area (Å²) in [6.07, 6.45) is 0. The second-order valence-electron chi connectivity index (χ2n) is 7.70. The summed E-state index contributed by atoms with van der Waals surface area (Å²) in [6, 6.07) is 13.8. The van der Waals surface area contributed by atoms with E-state index in [2.05, 4.69) is 10.2 Å². The maximum Gasteiger partial charge on any atom is 0.239 e. The number of piperazine rings is 1. The second kappa shape index (κ2) is 8.00. The van der Waals surface area contributed by atoms with E-state index in [-0.39, 0.29) is 17.6 Å². The van der Waals surface area contributed by atoms with Gasteiger partial charge in [0.2, 0.25) is 11.8 Å². The third-order valence-electron chi connectivity index (χ3n) is 5.17. The number of rotatable bonds is 4. The number of anilines is 2. The Hall–Kier alpha value is -2.89. The molecular formula is C22H26FN3O2. The van der Waals surface area contributed by atoms with Crippen LogP contribution in [0.1, 0.15) is 19.4 Å². The van der Waals surface area contributed by atoms with Gasteiger partial charge in [0, 0.05) is 37.6 Å². The molecule has 1 heterocycles. The molecule has 0 bridgehead atoms. The van der Waals surface area contributed by atoms with E-state index in [0.717, 1.165) is 11.3 Å². The minimum atomic E-state index is -1.16. The first kappa shape index (κ1) is 19.9. The fraction of sp³-hybridized carbons (Fsp3) is 0.364. The molecule has 3 rings (SSSR count). The molecule has 0 aromatic heterocycles. The van der Waals surface area contributed by atoms with Gasteiger partial charge in [0.25, 0.3) is 0 Å². The summed E-state index contributed by atoms with van der Waals surface area (Å²) in [4.78, 5) is 29.6. The van der Waals surface area contributed by atoms with Gasteiger partial charge in [-0.15, -0.1) is 0 Å². The van der Waals surface area contributed by atoms with Gasteiger partial charge >= 0.3 is 0 Å². The van der Waals surface area contributed by atoms with Crippen molar-refractivity contribution in [2.45, 2.75) is 20.8 Å². The van der Waals surface area contributed by atoms with E-state index < -0.39 is 5.41 Å². The first-order valence-corrected chi connectivity index (χ1v) is 9.45.